The number of ether oxygens (including phenoxy) is 1. The molecule has 0 heterocycles. The SMILES string of the molecule is COc1c(C(=O)NCC(F)(F)CN)cccc1[N+](=O)[O-]. The lowest BCUT2D eigenvalue weighted by Crippen LogP contribution is -2.41. The average Bonchev–Trinajstić information content (AvgIpc) is 2.43. The number of halogens is 2. The molecule has 3 N–H and O–H groups in total. The Bertz CT molecular complexity index is 522. The molecule has 0 aliphatic carbocycles. The first-order valence-electron chi connectivity index (χ1n) is 5.50. The van der Waals surface area contributed by atoms with E-state index in [1.54, 1.807) is 0 Å². The number of carbonyl (C=O) groups excluding carboxylic acids is 1. The van der Waals surface area contributed by atoms with E-state index in [4.69, 9.17) is 10.5 Å². The van der Waals surface area contributed by atoms with E-state index in [-0.39, 0.29) is 11.3 Å². The zero-order valence-electron chi connectivity index (χ0n) is 10.6. The molecule has 0 spiro atoms. The van der Waals surface area contributed by atoms with E-state index in [9.17, 15) is 23.7 Å². The minimum Gasteiger partial charge on any atom is -0.490 e. The first-order valence-corrected chi connectivity index (χ1v) is 5.50. The molecule has 1 aromatic carbocycles. The van der Waals surface area contributed by atoms with Crippen LogP contribution in [0.3, 0.4) is 0 Å². The summed E-state index contributed by atoms with van der Waals surface area (Å²) in [6.45, 7) is -1.88. The molecule has 0 fully saturated rings. The van der Waals surface area contributed by atoms with Crippen LogP contribution in [0.2, 0.25) is 0 Å². The van der Waals surface area contributed by atoms with Crippen LogP contribution in [-0.2, 0) is 0 Å². The van der Waals surface area contributed by atoms with Crippen molar-refractivity contribution in [3.63, 3.8) is 0 Å². The molecule has 0 saturated heterocycles. The van der Waals surface area contributed by atoms with Gasteiger partial charge in [-0.15, -0.1) is 0 Å². The van der Waals surface area contributed by atoms with Gasteiger partial charge in [0.15, 0.2) is 0 Å². The zero-order chi connectivity index (χ0) is 15.3. The van der Waals surface area contributed by atoms with Crippen LogP contribution in [0.4, 0.5) is 14.5 Å². The van der Waals surface area contributed by atoms with Crippen molar-refractivity contribution in [3.8, 4) is 5.75 Å². The lowest BCUT2D eigenvalue weighted by atomic mass is 10.1. The standard InChI is InChI=1S/C11H13F2N3O4/c1-20-9-7(3-2-4-8(9)16(18)19)10(17)15-6-11(12,13)5-14/h2-4H,5-6,14H2,1H3,(H,15,17). The molecule has 1 rings (SSSR count). The van der Waals surface area contributed by atoms with Gasteiger partial charge in [-0.2, -0.15) is 0 Å². The Hall–Kier alpha value is -2.29. The first-order chi connectivity index (χ1) is 9.32. The Morgan fingerprint density at radius 2 is 2.20 bits per heavy atom. The number of para-hydroxylation sites is 1. The van der Waals surface area contributed by atoms with Crippen LogP contribution in [0.1, 0.15) is 10.4 Å². The number of hydrogen-bond acceptors (Lipinski definition) is 5. The number of rotatable bonds is 6. The van der Waals surface area contributed by atoms with E-state index in [0.717, 1.165) is 13.2 Å². The maximum absolute atomic E-state index is 12.9. The Morgan fingerprint density at radius 3 is 2.70 bits per heavy atom. The molecule has 0 saturated carbocycles. The molecule has 7 nitrogen and oxygen atoms in total. The van der Waals surface area contributed by atoms with Crippen LogP contribution in [0, 0.1) is 10.1 Å². The van der Waals surface area contributed by atoms with Crippen LogP contribution in [0.5, 0.6) is 5.75 Å². The number of amides is 1. The molecular weight excluding hydrogens is 276 g/mol. The van der Waals surface area contributed by atoms with Crippen molar-refractivity contribution in [2.45, 2.75) is 5.92 Å². The van der Waals surface area contributed by atoms with E-state index < -0.39 is 35.5 Å². The van der Waals surface area contributed by atoms with E-state index in [1.807, 2.05) is 5.32 Å². The first kappa shape index (κ1) is 15.8. The second-order valence-electron chi connectivity index (χ2n) is 3.86. The second-order valence-corrected chi connectivity index (χ2v) is 3.86. The van der Waals surface area contributed by atoms with Crippen molar-refractivity contribution in [3.05, 3.63) is 33.9 Å². The van der Waals surface area contributed by atoms with Crippen molar-refractivity contribution in [2.24, 2.45) is 5.73 Å². The number of alkyl halides is 2. The Morgan fingerprint density at radius 1 is 1.55 bits per heavy atom. The van der Waals surface area contributed by atoms with Crippen LogP contribution >= 0.6 is 0 Å². The molecule has 1 aromatic rings. The maximum Gasteiger partial charge on any atom is 0.311 e. The van der Waals surface area contributed by atoms with Crippen molar-refractivity contribution < 1.29 is 23.2 Å². The molecule has 0 atom stereocenters. The summed E-state index contributed by atoms with van der Waals surface area (Å²) in [5.74, 6) is -4.44. The highest BCUT2D eigenvalue weighted by Gasteiger charge is 2.29. The van der Waals surface area contributed by atoms with Gasteiger partial charge in [0.05, 0.1) is 30.7 Å². The smallest absolute Gasteiger partial charge is 0.311 e. The molecular formula is C11H13F2N3O4. The van der Waals surface area contributed by atoms with Gasteiger partial charge in [0.1, 0.15) is 0 Å². The van der Waals surface area contributed by atoms with E-state index >= 15 is 0 Å². The molecule has 0 unspecified atom stereocenters. The van der Waals surface area contributed by atoms with Crippen LogP contribution in [0.15, 0.2) is 18.2 Å². The molecule has 1 amide bonds. The predicted molar refractivity (Wildman–Crippen MR) is 66.0 cm³/mol. The quantitative estimate of drug-likeness (QED) is 0.598. The van der Waals surface area contributed by atoms with Crippen molar-refractivity contribution in [2.75, 3.05) is 20.2 Å². The molecule has 0 radical (unpaired) electrons. The summed E-state index contributed by atoms with van der Waals surface area (Å²) < 4.78 is 30.7. The van der Waals surface area contributed by atoms with E-state index in [0.29, 0.717) is 0 Å². The monoisotopic (exact) mass is 289 g/mol. The number of benzene rings is 1. The number of nitrogens with one attached hydrogen (secondary N) is 1. The van der Waals surface area contributed by atoms with Gasteiger partial charge in [0.25, 0.3) is 11.8 Å². The van der Waals surface area contributed by atoms with Crippen molar-refractivity contribution in [1.82, 2.24) is 5.32 Å². The van der Waals surface area contributed by atoms with Gasteiger partial charge in [-0.1, -0.05) is 6.07 Å². The minimum atomic E-state index is -3.25. The molecule has 20 heavy (non-hydrogen) atoms. The van der Waals surface area contributed by atoms with Crippen molar-refractivity contribution >= 4 is 11.6 Å². The molecule has 0 aromatic heterocycles. The highest BCUT2D eigenvalue weighted by molar-refractivity contribution is 5.98. The Labute approximate surface area is 112 Å². The van der Waals surface area contributed by atoms with Crippen LogP contribution in [-0.4, -0.2) is 37.0 Å². The second kappa shape index (κ2) is 6.24. The fourth-order valence-electron chi connectivity index (χ4n) is 1.44. The summed E-state index contributed by atoms with van der Waals surface area (Å²) in [6, 6.07) is 3.64. The third-order valence-corrected chi connectivity index (χ3v) is 2.45. The van der Waals surface area contributed by atoms with Gasteiger partial charge in [0, 0.05) is 6.07 Å². The van der Waals surface area contributed by atoms with E-state index in [2.05, 4.69) is 0 Å². The van der Waals surface area contributed by atoms with Crippen LogP contribution < -0.4 is 15.8 Å². The number of carbonyl (C=O) groups is 1. The summed E-state index contributed by atoms with van der Waals surface area (Å²) in [7, 11) is 1.15. The topological polar surface area (TPSA) is 107 Å². The van der Waals surface area contributed by atoms with Gasteiger partial charge in [-0.05, 0) is 6.07 Å². The normalized spacial score (nSPS) is 11.0. The van der Waals surface area contributed by atoms with Crippen LogP contribution in [0.25, 0.3) is 0 Å². The number of nitro groups is 1. The molecule has 0 bridgehead atoms. The van der Waals surface area contributed by atoms with Gasteiger partial charge in [-0.3, -0.25) is 14.9 Å². The summed E-state index contributed by atoms with van der Waals surface area (Å²) in [4.78, 5) is 21.8. The lowest BCUT2D eigenvalue weighted by Gasteiger charge is -2.15. The number of methoxy groups -OCH3 is 1. The fraction of sp³-hybridized carbons (Fsp3) is 0.364. The predicted octanol–water partition coefficient (Wildman–Crippen LogP) is 0.927. The summed E-state index contributed by atoms with van der Waals surface area (Å²) >= 11 is 0. The Kier molecular flexibility index (Phi) is 4.92. The Balaban J connectivity index is 2.99. The highest BCUT2D eigenvalue weighted by Crippen LogP contribution is 2.30. The number of nitrogens with two attached hydrogens (primary N) is 1. The van der Waals surface area contributed by atoms with Gasteiger partial charge in [0.2, 0.25) is 5.75 Å². The van der Waals surface area contributed by atoms with Gasteiger partial charge in [-0.25, -0.2) is 8.78 Å². The minimum absolute atomic E-state index is 0.200. The number of nitrogens with zero attached hydrogens (tertiary/aromatic N) is 1. The third-order valence-electron chi connectivity index (χ3n) is 2.45. The summed E-state index contributed by atoms with van der Waals surface area (Å²) in [5.41, 5.74) is 4.21. The molecule has 9 heteroatoms. The summed E-state index contributed by atoms with van der Waals surface area (Å²) in [5, 5.41) is 12.7. The summed E-state index contributed by atoms with van der Waals surface area (Å²) in [6.07, 6.45) is 0. The number of nitro benzene ring substituents is 1. The maximum atomic E-state index is 12.9. The zero-order valence-corrected chi connectivity index (χ0v) is 10.6. The highest BCUT2D eigenvalue weighted by atomic mass is 19.3. The van der Waals surface area contributed by atoms with Gasteiger partial charge < -0.3 is 15.8 Å². The van der Waals surface area contributed by atoms with Crippen molar-refractivity contribution in [1.29, 1.82) is 0 Å². The lowest BCUT2D eigenvalue weighted by molar-refractivity contribution is -0.385. The molecule has 110 valence electrons. The molecule has 0 aliphatic heterocycles. The largest absolute Gasteiger partial charge is 0.490 e. The fourth-order valence-corrected chi connectivity index (χ4v) is 1.44. The third kappa shape index (κ3) is 3.60. The van der Waals surface area contributed by atoms with Gasteiger partial charge >= 0.3 is 5.69 Å². The number of hydrogen-bond donors (Lipinski definition) is 2. The van der Waals surface area contributed by atoms with E-state index in [1.165, 1.54) is 12.1 Å². The molecule has 0 aliphatic rings. The average molecular weight is 289 g/mol.